The smallest absolute Gasteiger partial charge is 0.144 e. The van der Waals surface area contributed by atoms with Crippen molar-refractivity contribution in [1.82, 2.24) is 5.32 Å². The van der Waals surface area contributed by atoms with Gasteiger partial charge in [-0.15, -0.1) is 0 Å². The number of hydrogen-bond donors (Lipinski definition) is 1. The summed E-state index contributed by atoms with van der Waals surface area (Å²) < 4.78 is 18.5. The third kappa shape index (κ3) is 2.71. The lowest BCUT2D eigenvalue weighted by Gasteiger charge is -2.08. The van der Waals surface area contributed by atoms with E-state index in [-0.39, 0.29) is 5.56 Å². The predicted molar refractivity (Wildman–Crippen MR) is 57.6 cm³/mol. The lowest BCUT2D eigenvalue weighted by atomic mass is 10.2. The van der Waals surface area contributed by atoms with Gasteiger partial charge in [-0.2, -0.15) is 5.26 Å². The minimum Gasteiger partial charge on any atom is -0.491 e. The molecular formula is C12H13FN2O. The lowest BCUT2D eigenvalue weighted by molar-refractivity contribution is 0.311. The van der Waals surface area contributed by atoms with Crippen LogP contribution in [-0.2, 0) is 0 Å². The molecule has 0 bridgehead atoms. The van der Waals surface area contributed by atoms with Crippen LogP contribution in [0.5, 0.6) is 5.75 Å². The largest absolute Gasteiger partial charge is 0.491 e. The molecular weight excluding hydrogens is 207 g/mol. The fourth-order valence-corrected chi connectivity index (χ4v) is 1.44. The highest BCUT2D eigenvalue weighted by Crippen LogP contribution is 2.20. The normalized spacial score (nSPS) is 14.5. The van der Waals surface area contributed by atoms with Crippen molar-refractivity contribution in [2.24, 2.45) is 0 Å². The van der Waals surface area contributed by atoms with Crippen LogP contribution in [0, 0.1) is 17.1 Å². The molecule has 16 heavy (non-hydrogen) atoms. The topological polar surface area (TPSA) is 45.0 Å². The minimum atomic E-state index is -0.532. The number of ether oxygens (including phenoxy) is 1. The van der Waals surface area contributed by atoms with Crippen molar-refractivity contribution in [2.75, 3.05) is 13.2 Å². The third-order valence-corrected chi connectivity index (χ3v) is 2.46. The van der Waals surface area contributed by atoms with Crippen LogP contribution in [0.4, 0.5) is 4.39 Å². The van der Waals surface area contributed by atoms with E-state index in [1.54, 1.807) is 18.2 Å². The van der Waals surface area contributed by atoms with E-state index in [4.69, 9.17) is 10.00 Å². The van der Waals surface area contributed by atoms with Gasteiger partial charge < -0.3 is 10.1 Å². The average Bonchev–Trinajstić information content (AvgIpc) is 3.08. The Morgan fingerprint density at radius 2 is 2.31 bits per heavy atom. The van der Waals surface area contributed by atoms with Crippen LogP contribution in [0.3, 0.4) is 0 Å². The average molecular weight is 220 g/mol. The van der Waals surface area contributed by atoms with Crippen molar-refractivity contribution in [3.8, 4) is 11.8 Å². The molecule has 1 saturated carbocycles. The summed E-state index contributed by atoms with van der Waals surface area (Å²) >= 11 is 0. The highest BCUT2D eigenvalue weighted by atomic mass is 19.1. The standard InChI is InChI=1S/C12H13FN2O/c13-11-2-1-3-12(10(11)8-14)16-7-6-15-9-4-5-9/h1-3,9,15H,4-7H2. The van der Waals surface area contributed by atoms with E-state index in [1.165, 1.54) is 18.9 Å². The first-order valence-electron chi connectivity index (χ1n) is 5.36. The zero-order valence-corrected chi connectivity index (χ0v) is 8.87. The summed E-state index contributed by atoms with van der Waals surface area (Å²) in [5, 5.41) is 12.0. The second-order valence-electron chi connectivity index (χ2n) is 3.80. The Hall–Kier alpha value is -1.60. The van der Waals surface area contributed by atoms with Crippen LogP contribution in [0.15, 0.2) is 18.2 Å². The molecule has 0 heterocycles. The minimum absolute atomic E-state index is 0.0195. The lowest BCUT2D eigenvalue weighted by Crippen LogP contribution is -2.23. The summed E-state index contributed by atoms with van der Waals surface area (Å²) in [6.07, 6.45) is 2.45. The Labute approximate surface area is 93.8 Å². The number of nitrogens with one attached hydrogen (secondary N) is 1. The van der Waals surface area contributed by atoms with Crippen molar-refractivity contribution >= 4 is 0 Å². The maximum Gasteiger partial charge on any atom is 0.144 e. The third-order valence-electron chi connectivity index (χ3n) is 2.46. The van der Waals surface area contributed by atoms with Crippen LogP contribution < -0.4 is 10.1 Å². The molecule has 1 aromatic carbocycles. The van der Waals surface area contributed by atoms with Crippen LogP contribution in [0.2, 0.25) is 0 Å². The van der Waals surface area contributed by atoms with Gasteiger partial charge in [0, 0.05) is 12.6 Å². The summed E-state index contributed by atoms with van der Waals surface area (Å²) in [4.78, 5) is 0. The van der Waals surface area contributed by atoms with E-state index >= 15 is 0 Å². The number of halogens is 1. The van der Waals surface area contributed by atoms with E-state index in [1.807, 2.05) is 0 Å². The van der Waals surface area contributed by atoms with Crippen molar-refractivity contribution < 1.29 is 9.13 Å². The number of nitriles is 1. The maximum atomic E-state index is 13.2. The molecule has 0 atom stereocenters. The van der Waals surface area contributed by atoms with Gasteiger partial charge in [-0.1, -0.05) is 6.07 Å². The summed E-state index contributed by atoms with van der Waals surface area (Å²) in [5.74, 6) is -0.213. The highest BCUT2D eigenvalue weighted by molar-refractivity contribution is 5.43. The van der Waals surface area contributed by atoms with Crippen molar-refractivity contribution in [3.63, 3.8) is 0 Å². The van der Waals surface area contributed by atoms with Gasteiger partial charge in [-0.05, 0) is 25.0 Å². The van der Waals surface area contributed by atoms with Gasteiger partial charge in [0.05, 0.1) is 0 Å². The van der Waals surface area contributed by atoms with E-state index in [0.29, 0.717) is 18.4 Å². The first-order chi connectivity index (χ1) is 7.81. The summed E-state index contributed by atoms with van der Waals surface area (Å²) in [7, 11) is 0. The fourth-order valence-electron chi connectivity index (χ4n) is 1.44. The maximum absolute atomic E-state index is 13.2. The Morgan fingerprint density at radius 3 is 3.00 bits per heavy atom. The van der Waals surface area contributed by atoms with Gasteiger partial charge in [0.1, 0.15) is 29.8 Å². The molecule has 4 heteroatoms. The number of nitrogens with zero attached hydrogens (tertiary/aromatic N) is 1. The van der Waals surface area contributed by atoms with Crippen LogP contribution >= 0.6 is 0 Å². The van der Waals surface area contributed by atoms with E-state index in [2.05, 4.69) is 5.32 Å². The molecule has 1 fully saturated rings. The Bertz CT molecular complexity index is 410. The quantitative estimate of drug-likeness (QED) is 0.770. The van der Waals surface area contributed by atoms with Gasteiger partial charge in [0.25, 0.3) is 0 Å². The number of rotatable bonds is 5. The second-order valence-corrected chi connectivity index (χ2v) is 3.80. The first-order valence-corrected chi connectivity index (χ1v) is 5.36. The Morgan fingerprint density at radius 1 is 1.50 bits per heavy atom. The molecule has 3 nitrogen and oxygen atoms in total. The molecule has 0 saturated heterocycles. The van der Waals surface area contributed by atoms with E-state index < -0.39 is 5.82 Å². The zero-order chi connectivity index (χ0) is 11.4. The van der Waals surface area contributed by atoms with Crippen molar-refractivity contribution in [1.29, 1.82) is 5.26 Å². The molecule has 1 aliphatic rings. The molecule has 1 aliphatic carbocycles. The predicted octanol–water partition coefficient (Wildman–Crippen LogP) is 1.83. The van der Waals surface area contributed by atoms with Crippen molar-refractivity contribution in [2.45, 2.75) is 18.9 Å². The van der Waals surface area contributed by atoms with Gasteiger partial charge in [-0.25, -0.2) is 4.39 Å². The van der Waals surface area contributed by atoms with Gasteiger partial charge in [0.2, 0.25) is 0 Å². The second kappa shape index (κ2) is 4.95. The zero-order valence-electron chi connectivity index (χ0n) is 8.87. The monoisotopic (exact) mass is 220 g/mol. The van der Waals surface area contributed by atoms with Crippen LogP contribution in [0.1, 0.15) is 18.4 Å². The summed E-state index contributed by atoms with van der Waals surface area (Å²) in [6, 6.07) is 6.85. The molecule has 2 rings (SSSR count). The Kier molecular flexibility index (Phi) is 3.37. The molecule has 0 amide bonds. The fraction of sp³-hybridized carbons (Fsp3) is 0.417. The molecule has 84 valence electrons. The molecule has 0 unspecified atom stereocenters. The van der Waals surface area contributed by atoms with Gasteiger partial charge in [-0.3, -0.25) is 0 Å². The molecule has 0 radical (unpaired) electrons. The molecule has 0 spiro atoms. The van der Waals surface area contributed by atoms with E-state index in [0.717, 1.165) is 6.54 Å². The highest BCUT2D eigenvalue weighted by Gasteiger charge is 2.19. The van der Waals surface area contributed by atoms with Gasteiger partial charge in [0.15, 0.2) is 0 Å². The molecule has 0 aliphatic heterocycles. The van der Waals surface area contributed by atoms with Crippen LogP contribution in [0.25, 0.3) is 0 Å². The number of hydrogen-bond acceptors (Lipinski definition) is 3. The Balaban J connectivity index is 1.87. The summed E-state index contributed by atoms with van der Waals surface area (Å²) in [6.45, 7) is 1.18. The molecule has 0 aromatic heterocycles. The van der Waals surface area contributed by atoms with Crippen molar-refractivity contribution in [3.05, 3.63) is 29.6 Å². The molecule has 1 N–H and O–H groups in total. The number of benzene rings is 1. The SMILES string of the molecule is N#Cc1c(F)cccc1OCCNC1CC1. The van der Waals surface area contributed by atoms with Gasteiger partial charge >= 0.3 is 0 Å². The first kappa shape index (κ1) is 10.9. The van der Waals surface area contributed by atoms with E-state index in [9.17, 15) is 4.39 Å². The summed E-state index contributed by atoms with van der Waals surface area (Å²) in [5.41, 5.74) is -0.0195. The molecule has 1 aromatic rings. The van der Waals surface area contributed by atoms with Crippen LogP contribution in [-0.4, -0.2) is 19.2 Å².